The molecule has 0 N–H and O–H groups in total. The summed E-state index contributed by atoms with van der Waals surface area (Å²) in [5.41, 5.74) is 3.95. The lowest BCUT2D eigenvalue weighted by Crippen LogP contribution is -2.07. The smallest absolute Gasteiger partial charge is 0.0823 e. The van der Waals surface area contributed by atoms with Crippen LogP contribution in [0.2, 0.25) is 0 Å². The Kier molecular flexibility index (Phi) is 1.69. The van der Waals surface area contributed by atoms with E-state index in [-0.39, 0.29) is 5.41 Å². The molecule has 1 heterocycles. The second-order valence-electron chi connectivity index (χ2n) is 4.85. The van der Waals surface area contributed by atoms with Gasteiger partial charge in [0.15, 0.2) is 0 Å². The summed E-state index contributed by atoms with van der Waals surface area (Å²) >= 11 is 0. The van der Waals surface area contributed by atoms with Crippen molar-refractivity contribution >= 4 is 0 Å². The molecule has 15 heavy (non-hydrogen) atoms. The van der Waals surface area contributed by atoms with Gasteiger partial charge in [0.2, 0.25) is 0 Å². The van der Waals surface area contributed by atoms with Crippen LogP contribution in [0.15, 0.2) is 18.2 Å². The van der Waals surface area contributed by atoms with E-state index in [1.54, 1.807) is 0 Å². The molecule has 0 atom stereocenters. The molecule has 1 aliphatic carbocycles. The van der Waals surface area contributed by atoms with E-state index in [9.17, 15) is 0 Å². The van der Waals surface area contributed by atoms with Crippen molar-refractivity contribution in [2.24, 2.45) is 0 Å². The molecule has 0 aromatic heterocycles. The Morgan fingerprint density at radius 2 is 2.00 bits per heavy atom. The van der Waals surface area contributed by atoms with Gasteiger partial charge in [-0.05, 0) is 36.6 Å². The van der Waals surface area contributed by atoms with Crippen molar-refractivity contribution in [3.05, 3.63) is 34.9 Å². The Balaban J connectivity index is 2.01. The minimum Gasteiger partial charge on any atom is -0.298 e. The molecule has 1 aromatic rings. The average molecular weight is 198 g/mol. The highest BCUT2D eigenvalue weighted by molar-refractivity contribution is 5.44. The van der Waals surface area contributed by atoms with E-state index in [1.807, 2.05) is 0 Å². The van der Waals surface area contributed by atoms with E-state index in [0.29, 0.717) is 0 Å². The van der Waals surface area contributed by atoms with E-state index in [4.69, 9.17) is 5.26 Å². The van der Waals surface area contributed by atoms with Gasteiger partial charge in [-0.25, -0.2) is 0 Å². The van der Waals surface area contributed by atoms with Crippen LogP contribution in [0.4, 0.5) is 0 Å². The normalized spacial score (nSPS) is 22.1. The van der Waals surface area contributed by atoms with Crippen LogP contribution in [-0.2, 0) is 18.5 Å². The third kappa shape index (κ3) is 1.27. The van der Waals surface area contributed by atoms with Gasteiger partial charge in [-0.15, -0.1) is 0 Å². The minimum atomic E-state index is -0.129. The average Bonchev–Trinajstić information content (AvgIpc) is 2.94. The molecule has 2 aliphatic rings. The Labute approximate surface area is 90.1 Å². The SMILES string of the molecule is CN1Cc2ccc(C3(C#N)CC3)cc2C1. The zero-order valence-corrected chi connectivity index (χ0v) is 8.95. The summed E-state index contributed by atoms with van der Waals surface area (Å²) in [6.45, 7) is 2.08. The van der Waals surface area contributed by atoms with Crippen LogP contribution < -0.4 is 0 Å². The molecule has 2 nitrogen and oxygen atoms in total. The molecular weight excluding hydrogens is 184 g/mol. The summed E-state index contributed by atoms with van der Waals surface area (Å²) in [4.78, 5) is 2.31. The molecule has 0 bridgehead atoms. The van der Waals surface area contributed by atoms with Gasteiger partial charge in [0.25, 0.3) is 0 Å². The second kappa shape index (κ2) is 2.84. The van der Waals surface area contributed by atoms with Crippen molar-refractivity contribution in [2.45, 2.75) is 31.3 Å². The van der Waals surface area contributed by atoms with Crippen molar-refractivity contribution in [1.82, 2.24) is 4.90 Å². The maximum absolute atomic E-state index is 9.15. The van der Waals surface area contributed by atoms with E-state index in [0.717, 1.165) is 25.9 Å². The summed E-state index contributed by atoms with van der Waals surface area (Å²) in [7, 11) is 2.14. The van der Waals surface area contributed by atoms with Crippen LogP contribution in [-0.4, -0.2) is 11.9 Å². The highest BCUT2D eigenvalue weighted by atomic mass is 15.1. The number of nitriles is 1. The zero-order chi connectivity index (χ0) is 10.5. The molecule has 3 rings (SSSR count). The standard InChI is InChI=1S/C13H14N2/c1-15-7-10-2-3-12(6-11(10)8-15)13(9-14)4-5-13/h2-3,6H,4-5,7-8H2,1H3. The summed E-state index contributed by atoms with van der Waals surface area (Å²) < 4.78 is 0. The van der Waals surface area contributed by atoms with E-state index < -0.39 is 0 Å². The predicted octanol–water partition coefficient (Wildman–Crippen LogP) is 2.19. The minimum absolute atomic E-state index is 0.129. The van der Waals surface area contributed by atoms with Crippen LogP contribution >= 0.6 is 0 Å². The maximum atomic E-state index is 9.15. The molecule has 0 unspecified atom stereocenters. The van der Waals surface area contributed by atoms with Crippen molar-refractivity contribution in [3.63, 3.8) is 0 Å². The number of hydrogen-bond donors (Lipinski definition) is 0. The summed E-state index contributed by atoms with van der Waals surface area (Å²) in [5, 5.41) is 9.15. The first-order valence-corrected chi connectivity index (χ1v) is 5.46. The highest BCUT2D eigenvalue weighted by Crippen LogP contribution is 2.48. The Morgan fingerprint density at radius 1 is 1.27 bits per heavy atom. The fourth-order valence-electron chi connectivity index (χ4n) is 2.45. The van der Waals surface area contributed by atoms with Gasteiger partial charge in [0.05, 0.1) is 11.5 Å². The number of rotatable bonds is 1. The lowest BCUT2D eigenvalue weighted by Gasteiger charge is -2.07. The van der Waals surface area contributed by atoms with Crippen LogP contribution in [0.25, 0.3) is 0 Å². The topological polar surface area (TPSA) is 27.0 Å². The second-order valence-corrected chi connectivity index (χ2v) is 4.85. The van der Waals surface area contributed by atoms with Gasteiger partial charge in [-0.1, -0.05) is 18.2 Å². The van der Waals surface area contributed by atoms with Crippen LogP contribution in [0, 0.1) is 11.3 Å². The first-order valence-electron chi connectivity index (χ1n) is 5.46. The Bertz CT molecular complexity index is 452. The van der Waals surface area contributed by atoms with Crippen molar-refractivity contribution in [2.75, 3.05) is 7.05 Å². The third-order valence-corrected chi connectivity index (χ3v) is 3.60. The molecule has 1 saturated carbocycles. The maximum Gasteiger partial charge on any atom is 0.0823 e. The first kappa shape index (κ1) is 8.94. The molecule has 76 valence electrons. The molecule has 0 amide bonds. The summed E-state index contributed by atoms with van der Waals surface area (Å²) in [6, 6.07) is 9.05. The third-order valence-electron chi connectivity index (χ3n) is 3.60. The molecule has 0 saturated heterocycles. The predicted molar refractivity (Wildman–Crippen MR) is 58.1 cm³/mol. The van der Waals surface area contributed by atoms with E-state index in [2.05, 4.69) is 36.2 Å². The molecule has 1 fully saturated rings. The molecule has 1 aromatic carbocycles. The van der Waals surface area contributed by atoms with Gasteiger partial charge < -0.3 is 0 Å². The Morgan fingerprint density at radius 3 is 2.67 bits per heavy atom. The Hall–Kier alpha value is -1.33. The van der Waals surface area contributed by atoms with Crippen molar-refractivity contribution < 1.29 is 0 Å². The van der Waals surface area contributed by atoms with Gasteiger partial charge >= 0.3 is 0 Å². The molecule has 2 heteroatoms. The zero-order valence-electron chi connectivity index (χ0n) is 8.95. The molecule has 1 aliphatic heterocycles. The van der Waals surface area contributed by atoms with E-state index >= 15 is 0 Å². The largest absolute Gasteiger partial charge is 0.298 e. The van der Waals surface area contributed by atoms with Gasteiger partial charge in [0, 0.05) is 13.1 Å². The van der Waals surface area contributed by atoms with E-state index in [1.165, 1.54) is 16.7 Å². The molecular formula is C13H14N2. The lowest BCUT2D eigenvalue weighted by molar-refractivity contribution is 0.353. The quantitative estimate of drug-likeness (QED) is 0.691. The molecule has 0 radical (unpaired) electrons. The summed E-state index contributed by atoms with van der Waals surface area (Å²) in [5.74, 6) is 0. The van der Waals surface area contributed by atoms with Crippen LogP contribution in [0.5, 0.6) is 0 Å². The highest BCUT2D eigenvalue weighted by Gasteiger charge is 2.45. The fourth-order valence-corrected chi connectivity index (χ4v) is 2.45. The van der Waals surface area contributed by atoms with Crippen molar-refractivity contribution in [3.8, 4) is 6.07 Å². The number of benzene rings is 1. The number of hydrogen-bond acceptors (Lipinski definition) is 2. The fraction of sp³-hybridized carbons (Fsp3) is 0.462. The van der Waals surface area contributed by atoms with Crippen LogP contribution in [0.1, 0.15) is 29.5 Å². The van der Waals surface area contributed by atoms with Crippen LogP contribution in [0.3, 0.4) is 0 Å². The van der Waals surface area contributed by atoms with Gasteiger partial charge in [-0.2, -0.15) is 5.26 Å². The first-order chi connectivity index (χ1) is 7.23. The number of nitrogens with zero attached hydrogens (tertiary/aromatic N) is 2. The lowest BCUT2D eigenvalue weighted by atomic mass is 9.94. The van der Waals surface area contributed by atoms with Crippen molar-refractivity contribution in [1.29, 1.82) is 5.26 Å². The number of fused-ring (bicyclic) bond motifs is 1. The molecule has 0 spiro atoms. The monoisotopic (exact) mass is 198 g/mol. The van der Waals surface area contributed by atoms with Gasteiger partial charge in [0.1, 0.15) is 0 Å². The van der Waals surface area contributed by atoms with Gasteiger partial charge in [-0.3, -0.25) is 4.90 Å². The summed E-state index contributed by atoms with van der Waals surface area (Å²) in [6.07, 6.45) is 2.08.